The normalized spacial score (nSPS) is 23.5. The molecular weight excluding hydrogens is 370 g/mol. The highest BCUT2D eigenvalue weighted by atomic mass is 32.2. The van der Waals surface area contributed by atoms with E-state index in [1.165, 1.54) is 6.42 Å². The van der Waals surface area contributed by atoms with Gasteiger partial charge in [-0.2, -0.15) is 0 Å². The molecular formula is C22H33N3O2S. The number of nitro groups is 1. The first-order valence-electron chi connectivity index (χ1n) is 10.6. The summed E-state index contributed by atoms with van der Waals surface area (Å²) >= 11 is 1.88. The minimum Gasteiger partial charge on any atom is -0.318 e. The van der Waals surface area contributed by atoms with Crippen molar-refractivity contribution in [1.82, 2.24) is 0 Å². The summed E-state index contributed by atoms with van der Waals surface area (Å²) in [6.45, 7) is 11.0. The monoisotopic (exact) mass is 403 g/mol. The van der Waals surface area contributed by atoms with E-state index in [0.717, 1.165) is 47.9 Å². The van der Waals surface area contributed by atoms with Crippen LogP contribution in [0.1, 0.15) is 65.4 Å². The van der Waals surface area contributed by atoms with Crippen molar-refractivity contribution in [3.63, 3.8) is 0 Å². The highest BCUT2D eigenvalue weighted by Gasteiger charge is 2.58. The van der Waals surface area contributed by atoms with E-state index in [2.05, 4.69) is 32.6 Å². The number of aliphatic imine (C=N–C) groups is 1. The summed E-state index contributed by atoms with van der Waals surface area (Å²) in [5.41, 5.74) is 2.31. The largest absolute Gasteiger partial charge is 0.318 e. The molecule has 5 nitrogen and oxygen atoms in total. The number of benzene rings is 1. The average molecular weight is 404 g/mol. The third-order valence-electron chi connectivity index (χ3n) is 6.14. The molecule has 0 saturated heterocycles. The van der Waals surface area contributed by atoms with Crippen molar-refractivity contribution in [3.8, 4) is 0 Å². The Hall–Kier alpha value is -1.56. The smallest absolute Gasteiger partial charge is 0.269 e. The minimum absolute atomic E-state index is 0.129. The molecule has 0 N–H and O–H groups in total. The lowest BCUT2D eigenvalue weighted by atomic mass is 10.0. The molecule has 1 fully saturated rings. The van der Waals surface area contributed by atoms with Gasteiger partial charge >= 0.3 is 0 Å². The second kappa shape index (κ2) is 8.44. The Labute approximate surface area is 173 Å². The van der Waals surface area contributed by atoms with Crippen LogP contribution in [0.15, 0.2) is 23.2 Å². The number of anilines is 1. The summed E-state index contributed by atoms with van der Waals surface area (Å²) in [6.07, 6.45) is 5.63. The van der Waals surface area contributed by atoms with Crippen LogP contribution >= 0.6 is 11.8 Å². The van der Waals surface area contributed by atoms with Gasteiger partial charge in [-0.15, -0.1) is 0 Å². The standard InChI is InChI=1S/C22H33N3O2S/c1-6-8-17(9-7-2)24(20-11-10-18(25(26)27)12-16(20)5)21-23-22(14-28-21)13-19(22)15(3)4/h10-12,15,17,19H,6-9,13-14H2,1-5H3/t19-,22?/m0/s1. The number of hydrogen-bond acceptors (Lipinski definition) is 5. The van der Waals surface area contributed by atoms with Gasteiger partial charge in [0.25, 0.3) is 5.69 Å². The average Bonchev–Trinajstić information content (AvgIpc) is 3.19. The van der Waals surface area contributed by atoms with Crippen molar-refractivity contribution >= 4 is 28.3 Å². The molecule has 6 heteroatoms. The van der Waals surface area contributed by atoms with Crippen molar-refractivity contribution in [3.05, 3.63) is 33.9 Å². The van der Waals surface area contributed by atoms with Crippen molar-refractivity contribution in [2.75, 3.05) is 10.7 Å². The molecule has 154 valence electrons. The molecule has 0 radical (unpaired) electrons. The summed E-state index contributed by atoms with van der Waals surface area (Å²) in [4.78, 5) is 18.5. The predicted molar refractivity (Wildman–Crippen MR) is 119 cm³/mol. The van der Waals surface area contributed by atoms with Crippen molar-refractivity contribution in [2.45, 2.75) is 78.3 Å². The number of amidine groups is 1. The van der Waals surface area contributed by atoms with E-state index < -0.39 is 0 Å². The van der Waals surface area contributed by atoms with Crippen LogP contribution in [0, 0.1) is 28.9 Å². The van der Waals surface area contributed by atoms with Crippen LogP contribution < -0.4 is 4.90 Å². The number of aryl methyl sites for hydroxylation is 1. The molecule has 1 heterocycles. The van der Waals surface area contributed by atoms with E-state index in [0.29, 0.717) is 17.9 Å². The van der Waals surface area contributed by atoms with E-state index in [4.69, 9.17) is 4.99 Å². The second-order valence-electron chi connectivity index (χ2n) is 8.67. The van der Waals surface area contributed by atoms with E-state index >= 15 is 0 Å². The van der Waals surface area contributed by atoms with Crippen molar-refractivity contribution < 1.29 is 4.92 Å². The van der Waals surface area contributed by atoms with Gasteiger partial charge in [0.1, 0.15) is 0 Å². The SMILES string of the molecule is CCCC(CCC)N(C1=NC2(CS1)C[C@H]2C(C)C)c1ccc([N+](=O)[O-])cc1C. The minimum atomic E-state index is -0.315. The third-order valence-corrected chi connectivity index (χ3v) is 7.33. The Morgan fingerprint density at radius 3 is 2.50 bits per heavy atom. The third kappa shape index (κ3) is 4.07. The molecule has 0 aromatic heterocycles. The first-order valence-corrected chi connectivity index (χ1v) is 11.6. The summed E-state index contributed by atoms with van der Waals surface area (Å²) in [7, 11) is 0. The highest BCUT2D eigenvalue weighted by molar-refractivity contribution is 8.14. The Kier molecular flexibility index (Phi) is 6.37. The van der Waals surface area contributed by atoms with Crippen LogP contribution in [0.25, 0.3) is 0 Å². The van der Waals surface area contributed by atoms with Crippen LogP contribution in [-0.2, 0) is 0 Å². The molecule has 2 atom stereocenters. The van der Waals surface area contributed by atoms with Gasteiger partial charge in [0.05, 0.1) is 10.5 Å². The maximum Gasteiger partial charge on any atom is 0.269 e. The van der Waals surface area contributed by atoms with E-state index in [1.807, 2.05) is 24.8 Å². The molecule has 1 saturated carbocycles. The first-order chi connectivity index (χ1) is 13.3. The van der Waals surface area contributed by atoms with E-state index in [1.54, 1.807) is 12.1 Å². The molecule has 0 amide bonds. The summed E-state index contributed by atoms with van der Waals surface area (Å²) in [5, 5.41) is 12.3. The lowest BCUT2D eigenvalue weighted by Crippen LogP contribution is -2.39. The first kappa shape index (κ1) is 21.2. The molecule has 1 unspecified atom stereocenters. The Bertz CT molecular complexity index is 758. The van der Waals surface area contributed by atoms with Gasteiger partial charge in [-0.1, -0.05) is 52.3 Å². The zero-order valence-electron chi connectivity index (χ0n) is 17.8. The van der Waals surface area contributed by atoms with Gasteiger partial charge in [0.2, 0.25) is 0 Å². The predicted octanol–water partition coefficient (Wildman–Crippen LogP) is 6.20. The summed E-state index contributed by atoms with van der Waals surface area (Å²) in [6, 6.07) is 5.63. The molecule has 28 heavy (non-hydrogen) atoms. The number of rotatable bonds is 8. The lowest BCUT2D eigenvalue weighted by molar-refractivity contribution is -0.384. The van der Waals surface area contributed by atoms with Gasteiger partial charge in [-0.25, -0.2) is 0 Å². The zero-order valence-corrected chi connectivity index (χ0v) is 18.6. The molecule has 0 bridgehead atoms. The maximum atomic E-state index is 11.2. The van der Waals surface area contributed by atoms with Crippen LogP contribution in [0.4, 0.5) is 11.4 Å². The second-order valence-corrected chi connectivity index (χ2v) is 9.61. The van der Waals surface area contributed by atoms with E-state index in [-0.39, 0.29) is 16.1 Å². The fourth-order valence-electron chi connectivity index (χ4n) is 4.59. The van der Waals surface area contributed by atoms with Crippen LogP contribution in [0.3, 0.4) is 0 Å². The van der Waals surface area contributed by atoms with Crippen molar-refractivity contribution in [1.29, 1.82) is 0 Å². The fourth-order valence-corrected chi connectivity index (χ4v) is 6.00. The number of thioether (sulfide) groups is 1. The Morgan fingerprint density at radius 2 is 2.00 bits per heavy atom. The molecule has 2 aliphatic rings. The van der Waals surface area contributed by atoms with Crippen molar-refractivity contribution in [2.24, 2.45) is 16.8 Å². The molecule has 1 spiro atoms. The molecule has 3 rings (SSSR count). The topological polar surface area (TPSA) is 58.7 Å². The Balaban J connectivity index is 1.99. The summed E-state index contributed by atoms with van der Waals surface area (Å²) in [5.74, 6) is 2.42. The molecule has 1 aromatic rings. The number of nitro benzene ring substituents is 1. The molecule has 1 aliphatic carbocycles. The summed E-state index contributed by atoms with van der Waals surface area (Å²) < 4.78 is 0. The number of non-ortho nitro benzene ring substituents is 1. The maximum absolute atomic E-state index is 11.2. The number of nitrogens with zero attached hydrogens (tertiary/aromatic N) is 3. The lowest BCUT2D eigenvalue weighted by Gasteiger charge is -2.34. The Morgan fingerprint density at radius 1 is 1.32 bits per heavy atom. The fraction of sp³-hybridized carbons (Fsp3) is 0.682. The van der Waals surface area contributed by atoms with Gasteiger partial charge in [-0.05, 0) is 49.7 Å². The van der Waals surface area contributed by atoms with Gasteiger partial charge in [-0.3, -0.25) is 15.1 Å². The van der Waals surface area contributed by atoms with Crippen LogP contribution in [-0.4, -0.2) is 27.4 Å². The molecule has 1 aliphatic heterocycles. The molecule has 1 aromatic carbocycles. The van der Waals surface area contributed by atoms with Gasteiger partial charge in [0, 0.05) is 29.6 Å². The van der Waals surface area contributed by atoms with Crippen LogP contribution in [0.5, 0.6) is 0 Å². The van der Waals surface area contributed by atoms with Crippen LogP contribution in [0.2, 0.25) is 0 Å². The van der Waals surface area contributed by atoms with Gasteiger partial charge in [0.15, 0.2) is 5.17 Å². The number of hydrogen-bond donors (Lipinski definition) is 0. The van der Waals surface area contributed by atoms with Gasteiger partial charge < -0.3 is 4.90 Å². The quantitative estimate of drug-likeness (QED) is 0.383. The zero-order chi connectivity index (χ0) is 20.5. The van der Waals surface area contributed by atoms with E-state index in [9.17, 15) is 10.1 Å². The highest BCUT2D eigenvalue weighted by Crippen LogP contribution is 2.57.